The molecule has 0 radical (unpaired) electrons. The lowest BCUT2D eigenvalue weighted by atomic mass is 9.94. The highest BCUT2D eigenvalue weighted by atomic mass is 16.5. The van der Waals surface area contributed by atoms with Crippen molar-refractivity contribution in [3.05, 3.63) is 35.9 Å². The van der Waals surface area contributed by atoms with E-state index in [4.69, 9.17) is 4.74 Å². The van der Waals surface area contributed by atoms with Gasteiger partial charge in [0.05, 0.1) is 0 Å². The van der Waals surface area contributed by atoms with Crippen LogP contribution >= 0.6 is 0 Å². The Morgan fingerprint density at radius 1 is 1.08 bits per heavy atom. The summed E-state index contributed by atoms with van der Waals surface area (Å²) in [5, 5.41) is 0. The van der Waals surface area contributed by atoms with Crippen LogP contribution in [0, 0.1) is 11.8 Å². The van der Waals surface area contributed by atoms with Crippen molar-refractivity contribution in [3.8, 4) is 0 Å². The average Bonchev–Trinajstić information content (AvgIpc) is 2.65. The molecule has 2 aliphatic rings. The van der Waals surface area contributed by atoms with Crippen molar-refractivity contribution in [2.75, 3.05) is 39.9 Å². The van der Waals surface area contributed by atoms with Crippen molar-refractivity contribution >= 4 is 5.91 Å². The van der Waals surface area contributed by atoms with E-state index >= 15 is 0 Å². The highest BCUT2D eigenvalue weighted by Crippen LogP contribution is 2.22. The van der Waals surface area contributed by atoms with Gasteiger partial charge in [0.2, 0.25) is 5.91 Å². The number of benzene rings is 1. The number of ether oxygens (including phenoxy) is 1. The second kappa shape index (κ2) is 9.35. The van der Waals surface area contributed by atoms with Crippen LogP contribution in [0.15, 0.2) is 30.3 Å². The summed E-state index contributed by atoms with van der Waals surface area (Å²) in [6.07, 6.45) is 5.17. The molecule has 0 N–H and O–H groups in total. The maximum atomic E-state index is 12.5. The summed E-state index contributed by atoms with van der Waals surface area (Å²) in [6, 6.07) is 10.7. The minimum Gasteiger partial charge on any atom is -0.381 e. The van der Waals surface area contributed by atoms with Gasteiger partial charge in [0.15, 0.2) is 0 Å². The van der Waals surface area contributed by atoms with Gasteiger partial charge in [-0.1, -0.05) is 30.3 Å². The van der Waals surface area contributed by atoms with Crippen LogP contribution in [0.4, 0.5) is 0 Å². The van der Waals surface area contributed by atoms with Crippen LogP contribution in [-0.4, -0.2) is 55.6 Å². The van der Waals surface area contributed by atoms with Crippen LogP contribution in [0.25, 0.3) is 0 Å². The molecule has 0 unspecified atom stereocenters. The first-order chi connectivity index (χ1) is 12.2. The SMILES string of the molecule is CN(CC1CCN(Cc2ccccc2)CC1)C(=O)CC1CCOCC1. The molecule has 2 saturated heterocycles. The van der Waals surface area contributed by atoms with Gasteiger partial charge in [-0.15, -0.1) is 0 Å². The Labute approximate surface area is 152 Å². The van der Waals surface area contributed by atoms with Crippen LogP contribution in [0.5, 0.6) is 0 Å². The lowest BCUT2D eigenvalue weighted by Gasteiger charge is -2.34. The van der Waals surface area contributed by atoms with Crippen molar-refractivity contribution in [3.63, 3.8) is 0 Å². The predicted octanol–water partition coefficient (Wildman–Crippen LogP) is 3.17. The number of carbonyl (C=O) groups excluding carboxylic acids is 1. The monoisotopic (exact) mass is 344 g/mol. The molecule has 4 heteroatoms. The number of rotatable bonds is 6. The molecule has 1 aromatic rings. The minimum absolute atomic E-state index is 0.318. The van der Waals surface area contributed by atoms with Crippen LogP contribution in [-0.2, 0) is 16.1 Å². The topological polar surface area (TPSA) is 32.8 Å². The zero-order chi connectivity index (χ0) is 17.5. The largest absolute Gasteiger partial charge is 0.381 e. The van der Waals surface area contributed by atoms with Crippen LogP contribution < -0.4 is 0 Å². The van der Waals surface area contributed by atoms with E-state index in [1.165, 1.54) is 18.4 Å². The van der Waals surface area contributed by atoms with E-state index < -0.39 is 0 Å². The summed E-state index contributed by atoms with van der Waals surface area (Å²) in [5.41, 5.74) is 1.39. The fourth-order valence-corrected chi connectivity index (χ4v) is 4.01. The molecule has 0 saturated carbocycles. The van der Waals surface area contributed by atoms with Crippen molar-refractivity contribution in [1.82, 2.24) is 9.80 Å². The third kappa shape index (κ3) is 5.82. The maximum absolute atomic E-state index is 12.5. The quantitative estimate of drug-likeness (QED) is 0.795. The molecule has 3 rings (SSSR count). The summed E-state index contributed by atoms with van der Waals surface area (Å²) in [7, 11) is 1.98. The van der Waals surface area contributed by atoms with Gasteiger partial charge in [-0.25, -0.2) is 0 Å². The number of carbonyl (C=O) groups is 1. The minimum atomic E-state index is 0.318. The van der Waals surface area contributed by atoms with Gasteiger partial charge in [-0.2, -0.15) is 0 Å². The van der Waals surface area contributed by atoms with Gasteiger partial charge < -0.3 is 9.64 Å². The summed E-state index contributed by atoms with van der Waals surface area (Å²) in [4.78, 5) is 17.0. The first-order valence-corrected chi connectivity index (χ1v) is 9.78. The summed E-state index contributed by atoms with van der Waals surface area (Å²) >= 11 is 0. The highest BCUT2D eigenvalue weighted by molar-refractivity contribution is 5.76. The van der Waals surface area contributed by atoms with E-state index in [9.17, 15) is 4.79 Å². The molecular formula is C21H32N2O2. The second-order valence-corrected chi connectivity index (χ2v) is 7.74. The number of amides is 1. The smallest absolute Gasteiger partial charge is 0.222 e. The van der Waals surface area contributed by atoms with E-state index in [1.807, 2.05) is 11.9 Å². The van der Waals surface area contributed by atoms with E-state index in [-0.39, 0.29) is 0 Å². The third-order valence-electron chi connectivity index (χ3n) is 5.72. The predicted molar refractivity (Wildman–Crippen MR) is 100 cm³/mol. The molecule has 4 nitrogen and oxygen atoms in total. The lowest BCUT2D eigenvalue weighted by Crippen LogP contribution is -2.39. The van der Waals surface area contributed by atoms with Gasteiger partial charge in [0.1, 0.15) is 0 Å². The number of likely N-dealkylation sites (tertiary alicyclic amines) is 1. The second-order valence-electron chi connectivity index (χ2n) is 7.74. The number of hydrogen-bond donors (Lipinski definition) is 0. The normalized spacial score (nSPS) is 20.5. The van der Waals surface area contributed by atoms with E-state index in [1.54, 1.807) is 0 Å². The summed E-state index contributed by atoms with van der Waals surface area (Å²) < 4.78 is 5.39. The molecule has 2 fully saturated rings. The first kappa shape index (κ1) is 18.4. The molecular weight excluding hydrogens is 312 g/mol. The molecule has 1 aromatic carbocycles. The third-order valence-corrected chi connectivity index (χ3v) is 5.72. The van der Waals surface area contributed by atoms with Gasteiger partial charge in [0, 0.05) is 39.8 Å². The van der Waals surface area contributed by atoms with Gasteiger partial charge >= 0.3 is 0 Å². The molecule has 138 valence electrons. The zero-order valence-corrected chi connectivity index (χ0v) is 15.5. The van der Waals surface area contributed by atoms with Gasteiger partial charge in [0.25, 0.3) is 0 Å². The Bertz CT molecular complexity index is 520. The van der Waals surface area contributed by atoms with Crippen molar-refractivity contribution in [2.45, 2.75) is 38.6 Å². The number of nitrogens with zero attached hydrogens (tertiary/aromatic N) is 2. The molecule has 0 bridgehead atoms. The van der Waals surface area contributed by atoms with Crippen LogP contribution in [0.2, 0.25) is 0 Å². The summed E-state index contributed by atoms with van der Waals surface area (Å²) in [6.45, 7) is 5.89. The van der Waals surface area contributed by atoms with Gasteiger partial charge in [-0.05, 0) is 56.2 Å². The number of hydrogen-bond acceptors (Lipinski definition) is 3. The van der Waals surface area contributed by atoms with Crippen molar-refractivity contribution < 1.29 is 9.53 Å². The van der Waals surface area contributed by atoms with Crippen LogP contribution in [0.1, 0.15) is 37.7 Å². The first-order valence-electron chi connectivity index (χ1n) is 9.78. The standard InChI is InChI=1S/C21H32N2O2/c1-22(21(24)15-18-9-13-25-14-10-18)16-20-7-11-23(12-8-20)17-19-5-3-2-4-6-19/h2-6,18,20H,7-17H2,1H3. The Kier molecular flexibility index (Phi) is 6.88. The summed E-state index contributed by atoms with van der Waals surface area (Å²) in [5.74, 6) is 1.49. The van der Waals surface area contributed by atoms with Crippen LogP contribution in [0.3, 0.4) is 0 Å². The fraction of sp³-hybridized carbons (Fsp3) is 0.667. The Hall–Kier alpha value is -1.39. The van der Waals surface area contributed by atoms with E-state index in [0.717, 1.165) is 52.2 Å². The molecule has 2 heterocycles. The number of piperidine rings is 1. The van der Waals surface area contributed by atoms with E-state index in [2.05, 4.69) is 35.2 Å². The molecule has 2 aliphatic heterocycles. The molecule has 0 aromatic heterocycles. The average molecular weight is 344 g/mol. The highest BCUT2D eigenvalue weighted by Gasteiger charge is 2.24. The Morgan fingerprint density at radius 2 is 1.76 bits per heavy atom. The maximum Gasteiger partial charge on any atom is 0.222 e. The van der Waals surface area contributed by atoms with Crippen molar-refractivity contribution in [2.24, 2.45) is 11.8 Å². The molecule has 0 atom stereocenters. The Balaban J connectivity index is 1.37. The molecule has 1 amide bonds. The molecule has 0 aliphatic carbocycles. The van der Waals surface area contributed by atoms with E-state index in [0.29, 0.717) is 24.2 Å². The zero-order valence-electron chi connectivity index (χ0n) is 15.5. The van der Waals surface area contributed by atoms with Crippen molar-refractivity contribution in [1.29, 1.82) is 0 Å². The van der Waals surface area contributed by atoms with Gasteiger partial charge in [-0.3, -0.25) is 9.69 Å². The molecule has 0 spiro atoms. The lowest BCUT2D eigenvalue weighted by molar-refractivity contribution is -0.132. The molecule has 25 heavy (non-hydrogen) atoms. The fourth-order valence-electron chi connectivity index (χ4n) is 4.01. The Morgan fingerprint density at radius 3 is 2.44 bits per heavy atom.